The summed E-state index contributed by atoms with van der Waals surface area (Å²) in [5.41, 5.74) is 8.13. The van der Waals surface area contributed by atoms with Crippen molar-refractivity contribution in [2.45, 2.75) is 13.3 Å². The number of nitrogens with zero attached hydrogens (tertiary/aromatic N) is 3. The maximum atomic E-state index is 12.0. The van der Waals surface area contributed by atoms with E-state index in [4.69, 9.17) is 5.73 Å². The number of Topliss-reactive ketones (excluding diaryl/α,β-unsaturated/α-hetero) is 1. The predicted octanol–water partition coefficient (Wildman–Crippen LogP) is 2.14. The smallest absolute Gasteiger partial charge is 0.172 e. The van der Waals surface area contributed by atoms with Crippen LogP contribution in [0.5, 0.6) is 0 Å². The van der Waals surface area contributed by atoms with E-state index in [2.05, 4.69) is 26.8 Å². The quantitative estimate of drug-likeness (QED) is 0.747. The molecule has 0 amide bonds. The molecule has 2 N–H and O–H groups in total. The molecule has 3 heterocycles. The molecule has 5 heteroatoms. The Kier molecular flexibility index (Phi) is 3.20. The fourth-order valence-corrected chi connectivity index (χ4v) is 2.03. The summed E-state index contributed by atoms with van der Waals surface area (Å²) in [4.78, 5) is 24.5. The predicted molar refractivity (Wildman–Crippen MR) is 80.6 cm³/mol. The molecule has 0 radical (unpaired) electrons. The number of hydrogen-bond acceptors (Lipinski definition) is 5. The highest BCUT2D eigenvalue weighted by Crippen LogP contribution is 2.23. The first-order valence-corrected chi connectivity index (χ1v) is 6.44. The maximum Gasteiger partial charge on any atom is 0.172 e. The molecule has 0 aliphatic carbocycles. The Labute approximate surface area is 122 Å². The van der Waals surface area contributed by atoms with E-state index in [9.17, 15) is 4.79 Å². The molecule has 5 nitrogen and oxygen atoms in total. The summed E-state index contributed by atoms with van der Waals surface area (Å²) in [6.07, 6.45) is 1.94. The van der Waals surface area contributed by atoms with Gasteiger partial charge in [0.25, 0.3) is 0 Å². The summed E-state index contributed by atoms with van der Waals surface area (Å²) in [6, 6.07) is 6.98. The third-order valence-corrected chi connectivity index (χ3v) is 2.99. The first kappa shape index (κ1) is 13.0. The van der Waals surface area contributed by atoms with Crippen molar-refractivity contribution in [3.63, 3.8) is 0 Å². The van der Waals surface area contributed by atoms with Crippen LogP contribution >= 0.6 is 0 Å². The van der Waals surface area contributed by atoms with Crippen LogP contribution in [-0.2, 0) is 0 Å². The van der Waals surface area contributed by atoms with Crippen LogP contribution in [0.3, 0.4) is 0 Å². The molecule has 0 atom stereocenters. The van der Waals surface area contributed by atoms with E-state index in [0.29, 0.717) is 34.9 Å². The number of rotatable bonds is 0. The number of hydrogen-bond donors (Lipinski definition) is 1. The van der Waals surface area contributed by atoms with Crippen molar-refractivity contribution in [3.05, 3.63) is 47.3 Å². The number of fused-ring (bicyclic) bond motifs is 1. The number of anilines is 1. The Bertz CT molecular complexity index is 828. The highest BCUT2D eigenvalue weighted by molar-refractivity contribution is 6.14. The first-order valence-electron chi connectivity index (χ1n) is 6.44. The van der Waals surface area contributed by atoms with Crippen molar-refractivity contribution < 1.29 is 4.79 Å². The fourth-order valence-electron chi connectivity index (χ4n) is 2.03. The number of aromatic nitrogens is 2. The minimum atomic E-state index is 0.0238. The molecule has 0 aromatic carbocycles. The topological polar surface area (TPSA) is 81.2 Å². The summed E-state index contributed by atoms with van der Waals surface area (Å²) in [5.74, 6) is 6.76. The third kappa shape index (κ3) is 2.79. The van der Waals surface area contributed by atoms with Crippen molar-refractivity contribution in [2.24, 2.45) is 4.99 Å². The molecule has 102 valence electrons. The van der Waals surface area contributed by atoms with Gasteiger partial charge in [0, 0.05) is 23.9 Å². The van der Waals surface area contributed by atoms with E-state index >= 15 is 0 Å². The van der Waals surface area contributed by atoms with Gasteiger partial charge in [0.1, 0.15) is 11.5 Å². The van der Waals surface area contributed by atoms with E-state index in [1.165, 1.54) is 0 Å². The average molecular weight is 276 g/mol. The Morgan fingerprint density at radius 3 is 2.95 bits per heavy atom. The van der Waals surface area contributed by atoms with Crippen molar-refractivity contribution in [1.82, 2.24) is 9.97 Å². The second-order valence-corrected chi connectivity index (χ2v) is 4.74. The van der Waals surface area contributed by atoms with Crippen molar-refractivity contribution in [3.8, 4) is 11.8 Å². The molecule has 0 bridgehead atoms. The highest BCUT2D eigenvalue weighted by atomic mass is 16.1. The summed E-state index contributed by atoms with van der Waals surface area (Å²) < 4.78 is 0. The summed E-state index contributed by atoms with van der Waals surface area (Å²) in [7, 11) is 0. The van der Waals surface area contributed by atoms with E-state index in [0.717, 1.165) is 5.71 Å². The second-order valence-electron chi connectivity index (χ2n) is 4.74. The highest BCUT2D eigenvalue weighted by Gasteiger charge is 2.18. The van der Waals surface area contributed by atoms with Crippen LogP contribution in [0.2, 0.25) is 0 Å². The van der Waals surface area contributed by atoms with Gasteiger partial charge in [-0.15, -0.1) is 0 Å². The van der Waals surface area contributed by atoms with Gasteiger partial charge in [-0.05, 0) is 31.0 Å². The maximum absolute atomic E-state index is 12.0. The van der Waals surface area contributed by atoms with Gasteiger partial charge in [-0.3, -0.25) is 4.79 Å². The monoisotopic (exact) mass is 276 g/mol. The lowest BCUT2D eigenvalue weighted by Crippen LogP contribution is -2.11. The number of carbonyl (C=O) groups excluding carboxylic acids is 1. The van der Waals surface area contributed by atoms with Gasteiger partial charge < -0.3 is 5.73 Å². The second kappa shape index (κ2) is 5.17. The largest absolute Gasteiger partial charge is 0.384 e. The van der Waals surface area contributed by atoms with Gasteiger partial charge in [-0.1, -0.05) is 12.0 Å². The van der Waals surface area contributed by atoms with E-state index in [-0.39, 0.29) is 5.78 Å². The van der Waals surface area contributed by atoms with Crippen LogP contribution in [-0.4, -0.2) is 21.5 Å². The molecular weight excluding hydrogens is 264 g/mol. The Balaban J connectivity index is 1.96. The molecule has 2 aromatic heterocycles. The lowest BCUT2D eigenvalue weighted by atomic mass is 10.0. The molecule has 1 aliphatic rings. The standard InChI is InChI=1S/C16H12N4O/c1-10-7-14(21)13-8-11(9-18-16(13)19-10)5-6-12-3-2-4-15(17)20-12/h2-4,8-9H,7H2,1H3,(H2,17,20). The van der Waals surface area contributed by atoms with Gasteiger partial charge in [0.15, 0.2) is 11.6 Å². The summed E-state index contributed by atoms with van der Waals surface area (Å²) in [5, 5.41) is 0. The summed E-state index contributed by atoms with van der Waals surface area (Å²) in [6.45, 7) is 1.82. The summed E-state index contributed by atoms with van der Waals surface area (Å²) >= 11 is 0. The zero-order valence-electron chi connectivity index (χ0n) is 11.4. The van der Waals surface area contributed by atoms with Gasteiger partial charge in [-0.25, -0.2) is 15.0 Å². The van der Waals surface area contributed by atoms with Crippen LogP contribution in [0.1, 0.15) is 35.0 Å². The van der Waals surface area contributed by atoms with Crippen LogP contribution in [0.15, 0.2) is 35.5 Å². The normalized spacial score (nSPS) is 13.0. The Morgan fingerprint density at radius 1 is 1.29 bits per heavy atom. The SMILES string of the molecule is CC1=Nc2ncc(C#Cc3cccc(N)n3)cc2C(=O)C1. The minimum absolute atomic E-state index is 0.0238. The number of nitrogens with two attached hydrogens (primary N) is 1. The van der Waals surface area contributed by atoms with E-state index < -0.39 is 0 Å². The van der Waals surface area contributed by atoms with Crippen LogP contribution < -0.4 is 5.73 Å². The number of ketones is 1. The molecule has 0 saturated carbocycles. The zero-order valence-corrected chi connectivity index (χ0v) is 11.4. The van der Waals surface area contributed by atoms with Crippen LogP contribution in [0, 0.1) is 11.8 Å². The molecule has 0 fully saturated rings. The van der Waals surface area contributed by atoms with Gasteiger partial charge >= 0.3 is 0 Å². The van der Waals surface area contributed by atoms with Crippen molar-refractivity contribution >= 4 is 23.1 Å². The lowest BCUT2D eigenvalue weighted by molar-refractivity contribution is 0.0999. The molecule has 21 heavy (non-hydrogen) atoms. The Hall–Kier alpha value is -3.00. The number of nitrogen functional groups attached to an aromatic ring is 1. The van der Waals surface area contributed by atoms with Gasteiger partial charge in [-0.2, -0.15) is 0 Å². The van der Waals surface area contributed by atoms with Crippen molar-refractivity contribution in [2.75, 3.05) is 5.73 Å². The first-order chi connectivity index (χ1) is 10.1. The zero-order chi connectivity index (χ0) is 14.8. The number of aliphatic imine (C=N–C) groups is 1. The van der Waals surface area contributed by atoms with Gasteiger partial charge in [0.05, 0.1) is 5.56 Å². The average Bonchev–Trinajstić information content (AvgIpc) is 2.45. The number of pyridine rings is 2. The molecule has 2 aromatic rings. The lowest BCUT2D eigenvalue weighted by Gasteiger charge is -2.10. The third-order valence-electron chi connectivity index (χ3n) is 2.99. The molecule has 3 rings (SSSR count). The molecule has 1 aliphatic heterocycles. The fraction of sp³-hybridized carbons (Fsp3) is 0.125. The number of carbonyl (C=O) groups is 1. The molecule has 0 saturated heterocycles. The Morgan fingerprint density at radius 2 is 2.14 bits per heavy atom. The molecule has 0 unspecified atom stereocenters. The van der Waals surface area contributed by atoms with E-state index in [1.54, 1.807) is 30.5 Å². The van der Waals surface area contributed by atoms with Crippen LogP contribution in [0.25, 0.3) is 0 Å². The van der Waals surface area contributed by atoms with Crippen LogP contribution in [0.4, 0.5) is 11.6 Å². The van der Waals surface area contributed by atoms with Gasteiger partial charge in [0.2, 0.25) is 0 Å². The molecule has 0 spiro atoms. The van der Waals surface area contributed by atoms with E-state index in [1.807, 2.05) is 6.92 Å². The molecular formula is C16H12N4O. The minimum Gasteiger partial charge on any atom is -0.384 e. The van der Waals surface area contributed by atoms with Crippen molar-refractivity contribution in [1.29, 1.82) is 0 Å².